The van der Waals surface area contributed by atoms with Crippen molar-refractivity contribution in [1.82, 2.24) is 15.1 Å². The Kier molecular flexibility index (Phi) is 6.29. The predicted octanol–water partition coefficient (Wildman–Crippen LogP) is 4.91. The molecular weight excluding hydrogens is 464 g/mol. The molecule has 2 amide bonds. The standard InChI is InChI=1S/C30H30N4O3/c1-20-11-10-15-25(21(20)2)34-28(35)26-17-24(22-12-6-5-7-13-22)32-33(26)19-30(34,3)29(36)31-18-23-14-8-9-16-27(23)37-4/h5-17H,18-19H2,1-4H3,(H,31,36). The van der Waals surface area contributed by atoms with E-state index in [1.807, 2.05) is 92.7 Å². The van der Waals surface area contributed by atoms with Gasteiger partial charge in [-0.05, 0) is 50.1 Å². The van der Waals surface area contributed by atoms with Gasteiger partial charge in [-0.15, -0.1) is 0 Å². The fraction of sp³-hybridized carbons (Fsp3) is 0.233. The number of para-hydroxylation sites is 1. The first kappa shape index (κ1) is 24.3. The molecule has 1 aliphatic rings. The number of ether oxygens (including phenoxy) is 1. The van der Waals surface area contributed by atoms with Crippen molar-refractivity contribution in [3.63, 3.8) is 0 Å². The molecule has 5 rings (SSSR count). The smallest absolute Gasteiger partial charge is 0.277 e. The molecule has 1 N–H and O–H groups in total. The van der Waals surface area contributed by atoms with E-state index in [4.69, 9.17) is 9.84 Å². The van der Waals surface area contributed by atoms with E-state index in [1.165, 1.54) is 0 Å². The number of methoxy groups -OCH3 is 1. The number of rotatable bonds is 6. The van der Waals surface area contributed by atoms with E-state index in [2.05, 4.69) is 5.32 Å². The number of nitrogens with one attached hydrogen (secondary N) is 1. The Hall–Kier alpha value is -4.39. The number of hydrogen-bond acceptors (Lipinski definition) is 4. The largest absolute Gasteiger partial charge is 0.496 e. The molecular formula is C30H30N4O3. The Morgan fingerprint density at radius 1 is 1.03 bits per heavy atom. The maximum Gasteiger partial charge on any atom is 0.277 e. The van der Waals surface area contributed by atoms with Crippen LogP contribution >= 0.6 is 0 Å². The lowest BCUT2D eigenvalue weighted by molar-refractivity contribution is -0.126. The maximum absolute atomic E-state index is 14.1. The van der Waals surface area contributed by atoms with Crippen LogP contribution in [-0.2, 0) is 17.9 Å². The first-order chi connectivity index (χ1) is 17.8. The molecule has 4 aromatic rings. The van der Waals surface area contributed by atoms with Crippen molar-refractivity contribution < 1.29 is 14.3 Å². The van der Waals surface area contributed by atoms with Gasteiger partial charge in [-0.2, -0.15) is 5.10 Å². The number of nitrogens with zero attached hydrogens (tertiary/aromatic N) is 3. The van der Waals surface area contributed by atoms with Crippen LogP contribution in [0.15, 0.2) is 78.9 Å². The zero-order valence-electron chi connectivity index (χ0n) is 21.5. The fourth-order valence-electron chi connectivity index (χ4n) is 4.90. The number of anilines is 1. The third-order valence-electron chi connectivity index (χ3n) is 7.16. The van der Waals surface area contributed by atoms with Gasteiger partial charge in [0.15, 0.2) is 0 Å². The second kappa shape index (κ2) is 9.58. The van der Waals surface area contributed by atoms with Crippen LogP contribution in [0.3, 0.4) is 0 Å². The van der Waals surface area contributed by atoms with Gasteiger partial charge in [-0.25, -0.2) is 0 Å². The number of aromatic nitrogens is 2. The second-order valence-electron chi connectivity index (χ2n) is 9.57. The lowest BCUT2D eigenvalue weighted by Crippen LogP contribution is -2.64. The van der Waals surface area contributed by atoms with Gasteiger partial charge in [-0.1, -0.05) is 60.7 Å². The van der Waals surface area contributed by atoms with Crippen LogP contribution in [0.1, 0.15) is 34.1 Å². The second-order valence-corrected chi connectivity index (χ2v) is 9.57. The number of benzene rings is 3. The summed E-state index contributed by atoms with van der Waals surface area (Å²) < 4.78 is 7.11. The van der Waals surface area contributed by atoms with Crippen molar-refractivity contribution >= 4 is 17.5 Å². The monoisotopic (exact) mass is 494 g/mol. The fourth-order valence-corrected chi connectivity index (χ4v) is 4.90. The molecule has 0 aliphatic carbocycles. The van der Waals surface area contributed by atoms with E-state index in [-0.39, 0.29) is 24.9 Å². The normalized spacial score (nSPS) is 16.9. The van der Waals surface area contributed by atoms with Gasteiger partial charge in [-0.3, -0.25) is 19.2 Å². The average molecular weight is 495 g/mol. The molecule has 188 valence electrons. The highest BCUT2D eigenvalue weighted by molar-refractivity contribution is 6.12. The van der Waals surface area contributed by atoms with E-state index >= 15 is 0 Å². The van der Waals surface area contributed by atoms with Crippen LogP contribution in [0.2, 0.25) is 0 Å². The van der Waals surface area contributed by atoms with E-state index in [0.29, 0.717) is 22.8 Å². The summed E-state index contributed by atoms with van der Waals surface area (Å²) in [7, 11) is 1.60. The van der Waals surface area contributed by atoms with Crippen molar-refractivity contribution in [1.29, 1.82) is 0 Å². The van der Waals surface area contributed by atoms with Crippen LogP contribution in [0.25, 0.3) is 11.3 Å². The molecule has 0 fully saturated rings. The summed E-state index contributed by atoms with van der Waals surface area (Å²) in [4.78, 5) is 29.6. The molecule has 7 nitrogen and oxygen atoms in total. The number of carbonyl (C=O) groups is 2. The number of amides is 2. The van der Waals surface area contributed by atoms with E-state index in [0.717, 1.165) is 22.3 Å². The minimum Gasteiger partial charge on any atom is -0.496 e. The maximum atomic E-state index is 14.1. The van der Waals surface area contributed by atoms with Crippen molar-refractivity contribution in [3.05, 3.63) is 101 Å². The third kappa shape index (κ3) is 4.27. The Morgan fingerprint density at radius 3 is 2.51 bits per heavy atom. The van der Waals surface area contributed by atoms with Gasteiger partial charge in [0.1, 0.15) is 17.0 Å². The van der Waals surface area contributed by atoms with Crippen LogP contribution in [0.5, 0.6) is 5.75 Å². The predicted molar refractivity (Wildman–Crippen MR) is 144 cm³/mol. The third-order valence-corrected chi connectivity index (χ3v) is 7.16. The molecule has 37 heavy (non-hydrogen) atoms. The van der Waals surface area contributed by atoms with Gasteiger partial charge >= 0.3 is 0 Å². The number of aryl methyl sites for hydroxylation is 1. The van der Waals surface area contributed by atoms with Crippen molar-refractivity contribution in [2.75, 3.05) is 12.0 Å². The van der Waals surface area contributed by atoms with E-state index < -0.39 is 5.54 Å². The Balaban J connectivity index is 1.57. The topological polar surface area (TPSA) is 76.5 Å². The summed E-state index contributed by atoms with van der Waals surface area (Å²) in [6.45, 7) is 6.27. The lowest BCUT2D eigenvalue weighted by Gasteiger charge is -2.43. The minimum absolute atomic E-state index is 0.214. The first-order valence-electron chi connectivity index (χ1n) is 12.3. The number of carbonyl (C=O) groups excluding carboxylic acids is 2. The van der Waals surface area contributed by atoms with Crippen LogP contribution in [-0.4, -0.2) is 34.2 Å². The van der Waals surface area contributed by atoms with Crippen molar-refractivity contribution in [3.8, 4) is 17.0 Å². The molecule has 2 heterocycles. The lowest BCUT2D eigenvalue weighted by atomic mass is 9.92. The molecule has 0 bridgehead atoms. The van der Waals surface area contributed by atoms with Crippen molar-refractivity contribution in [2.24, 2.45) is 0 Å². The molecule has 1 atom stereocenters. The SMILES string of the molecule is COc1ccccc1CNC(=O)C1(C)Cn2nc(-c3ccccc3)cc2C(=O)N1c1cccc(C)c1C. The van der Waals surface area contributed by atoms with E-state index in [9.17, 15) is 9.59 Å². The molecule has 1 aliphatic heterocycles. The summed E-state index contributed by atoms with van der Waals surface area (Å²) in [6.07, 6.45) is 0. The highest BCUT2D eigenvalue weighted by atomic mass is 16.5. The number of hydrogen-bond donors (Lipinski definition) is 1. The van der Waals surface area contributed by atoms with Gasteiger partial charge in [0.25, 0.3) is 5.91 Å². The summed E-state index contributed by atoms with van der Waals surface area (Å²) in [5.41, 5.74) is 4.42. The quantitative estimate of drug-likeness (QED) is 0.413. The molecule has 1 unspecified atom stereocenters. The molecule has 3 aromatic carbocycles. The summed E-state index contributed by atoms with van der Waals surface area (Å²) >= 11 is 0. The van der Waals surface area contributed by atoms with Gasteiger partial charge in [0.2, 0.25) is 5.91 Å². The zero-order chi connectivity index (χ0) is 26.2. The first-order valence-corrected chi connectivity index (χ1v) is 12.3. The van der Waals surface area contributed by atoms with Gasteiger partial charge in [0, 0.05) is 23.4 Å². The van der Waals surface area contributed by atoms with Crippen molar-refractivity contribution in [2.45, 2.75) is 39.4 Å². The van der Waals surface area contributed by atoms with Crippen LogP contribution in [0.4, 0.5) is 5.69 Å². The summed E-state index contributed by atoms with van der Waals surface area (Å²) in [6, 6.07) is 24.9. The zero-order valence-corrected chi connectivity index (χ0v) is 21.5. The highest BCUT2D eigenvalue weighted by Crippen LogP contribution is 2.36. The van der Waals surface area contributed by atoms with Gasteiger partial charge in [0.05, 0.1) is 19.3 Å². The van der Waals surface area contributed by atoms with Crippen LogP contribution in [0, 0.1) is 13.8 Å². The average Bonchev–Trinajstić information content (AvgIpc) is 3.34. The Labute approximate surface area is 216 Å². The number of fused-ring (bicyclic) bond motifs is 1. The molecule has 0 saturated carbocycles. The molecule has 0 spiro atoms. The van der Waals surface area contributed by atoms with Gasteiger partial charge < -0.3 is 10.1 Å². The molecule has 0 saturated heterocycles. The van der Waals surface area contributed by atoms with E-state index in [1.54, 1.807) is 23.6 Å². The van der Waals surface area contributed by atoms with Crippen LogP contribution < -0.4 is 15.0 Å². The molecule has 1 aromatic heterocycles. The summed E-state index contributed by atoms with van der Waals surface area (Å²) in [5.74, 6) is 0.167. The minimum atomic E-state index is -1.22. The Morgan fingerprint density at radius 2 is 1.76 bits per heavy atom. The molecule has 7 heteroatoms. The molecule has 0 radical (unpaired) electrons. The Bertz CT molecular complexity index is 1480. The summed E-state index contributed by atoms with van der Waals surface area (Å²) in [5, 5.41) is 7.79. The highest BCUT2D eigenvalue weighted by Gasteiger charge is 2.49.